The lowest BCUT2D eigenvalue weighted by Gasteiger charge is -2.06. The molecule has 17 heavy (non-hydrogen) atoms. The number of aromatic amines is 1. The summed E-state index contributed by atoms with van der Waals surface area (Å²) in [5.74, 6) is -0.298. The summed E-state index contributed by atoms with van der Waals surface area (Å²) in [5, 5.41) is 9.36. The van der Waals surface area contributed by atoms with Crippen LogP contribution < -0.4 is 11.1 Å². The number of nitrogen functional groups attached to an aromatic ring is 1. The Balaban J connectivity index is 2.07. The molecule has 2 aromatic heterocycles. The fourth-order valence-corrected chi connectivity index (χ4v) is 1.45. The van der Waals surface area contributed by atoms with Crippen molar-refractivity contribution in [3.8, 4) is 0 Å². The quantitative estimate of drug-likeness (QED) is 0.708. The molecule has 0 fully saturated rings. The topological polar surface area (TPSA) is 96.7 Å². The smallest absolute Gasteiger partial charge is 0.253 e. The van der Waals surface area contributed by atoms with Gasteiger partial charge in [-0.1, -0.05) is 11.6 Å². The van der Waals surface area contributed by atoms with E-state index in [9.17, 15) is 4.79 Å². The van der Waals surface area contributed by atoms with E-state index in [-0.39, 0.29) is 11.1 Å². The number of nitrogens with two attached hydrogens (primary N) is 1. The summed E-state index contributed by atoms with van der Waals surface area (Å²) < 4.78 is 0. The second kappa shape index (κ2) is 4.84. The first-order valence-electron chi connectivity index (χ1n) is 4.83. The Labute approximate surface area is 102 Å². The van der Waals surface area contributed by atoms with Crippen molar-refractivity contribution < 1.29 is 4.79 Å². The van der Waals surface area contributed by atoms with Crippen LogP contribution in [0.5, 0.6) is 0 Å². The Kier molecular flexibility index (Phi) is 3.24. The molecule has 1 amide bonds. The van der Waals surface area contributed by atoms with Gasteiger partial charge in [0.1, 0.15) is 5.15 Å². The molecule has 0 radical (unpaired) electrons. The van der Waals surface area contributed by atoms with E-state index in [0.717, 1.165) is 5.56 Å². The average Bonchev–Trinajstić information content (AvgIpc) is 2.82. The summed E-state index contributed by atoms with van der Waals surface area (Å²) in [6.45, 7) is 0.370. The van der Waals surface area contributed by atoms with Gasteiger partial charge in [-0.15, -0.1) is 0 Å². The van der Waals surface area contributed by atoms with Crippen LogP contribution in [0.2, 0.25) is 5.15 Å². The molecule has 0 unspecified atom stereocenters. The minimum Gasteiger partial charge on any atom is -0.397 e. The number of amides is 1. The van der Waals surface area contributed by atoms with Gasteiger partial charge in [0.15, 0.2) is 0 Å². The van der Waals surface area contributed by atoms with Crippen LogP contribution in [-0.4, -0.2) is 21.1 Å². The minimum absolute atomic E-state index is 0.229. The highest BCUT2D eigenvalue weighted by molar-refractivity contribution is 6.29. The van der Waals surface area contributed by atoms with Crippen LogP contribution in [0.15, 0.2) is 24.7 Å². The van der Waals surface area contributed by atoms with Crippen LogP contribution in [0, 0.1) is 0 Å². The van der Waals surface area contributed by atoms with Crippen LogP contribution in [0.1, 0.15) is 15.9 Å². The van der Waals surface area contributed by atoms with E-state index in [2.05, 4.69) is 20.5 Å². The largest absolute Gasteiger partial charge is 0.397 e. The van der Waals surface area contributed by atoms with Gasteiger partial charge >= 0.3 is 0 Å². The number of hydrogen-bond acceptors (Lipinski definition) is 4. The van der Waals surface area contributed by atoms with Crippen molar-refractivity contribution in [1.82, 2.24) is 20.5 Å². The van der Waals surface area contributed by atoms with Gasteiger partial charge in [-0.2, -0.15) is 5.10 Å². The molecule has 2 rings (SSSR count). The van der Waals surface area contributed by atoms with Gasteiger partial charge in [-0.05, 0) is 6.07 Å². The maximum absolute atomic E-state index is 11.8. The first-order chi connectivity index (χ1) is 8.16. The van der Waals surface area contributed by atoms with Crippen molar-refractivity contribution in [2.75, 3.05) is 5.73 Å². The first-order valence-corrected chi connectivity index (χ1v) is 5.21. The SMILES string of the molecule is Nc1cnc(Cl)cc1C(=O)NCc1cn[nH]c1. The molecule has 2 aromatic rings. The highest BCUT2D eigenvalue weighted by Gasteiger charge is 2.10. The number of halogens is 1. The molecule has 88 valence electrons. The van der Waals surface area contributed by atoms with Crippen LogP contribution in [-0.2, 0) is 6.54 Å². The Morgan fingerprint density at radius 1 is 1.53 bits per heavy atom. The van der Waals surface area contributed by atoms with Gasteiger partial charge < -0.3 is 11.1 Å². The van der Waals surface area contributed by atoms with Gasteiger partial charge in [0, 0.05) is 18.3 Å². The lowest BCUT2D eigenvalue weighted by Crippen LogP contribution is -2.23. The number of rotatable bonds is 3. The molecule has 0 saturated carbocycles. The number of carbonyl (C=O) groups is 1. The van der Waals surface area contributed by atoms with Gasteiger partial charge in [0.2, 0.25) is 0 Å². The van der Waals surface area contributed by atoms with Crippen LogP contribution >= 0.6 is 11.6 Å². The second-order valence-corrected chi connectivity index (χ2v) is 3.77. The van der Waals surface area contributed by atoms with Gasteiger partial charge in [0.25, 0.3) is 5.91 Å². The summed E-state index contributed by atoms with van der Waals surface area (Å²) in [4.78, 5) is 15.6. The third-order valence-electron chi connectivity index (χ3n) is 2.15. The third-order valence-corrected chi connectivity index (χ3v) is 2.36. The predicted octanol–water partition coefficient (Wildman–Crippen LogP) is 0.970. The van der Waals surface area contributed by atoms with E-state index < -0.39 is 0 Å². The number of nitrogens with zero attached hydrogens (tertiary/aromatic N) is 2. The highest BCUT2D eigenvalue weighted by atomic mass is 35.5. The van der Waals surface area contributed by atoms with Gasteiger partial charge in [-0.25, -0.2) is 4.98 Å². The van der Waals surface area contributed by atoms with Gasteiger partial charge in [0.05, 0.1) is 23.6 Å². The number of aromatic nitrogens is 3. The molecule has 7 heteroatoms. The van der Waals surface area contributed by atoms with Crippen molar-refractivity contribution in [1.29, 1.82) is 0 Å². The lowest BCUT2D eigenvalue weighted by atomic mass is 10.2. The highest BCUT2D eigenvalue weighted by Crippen LogP contribution is 2.14. The summed E-state index contributed by atoms with van der Waals surface area (Å²) in [7, 11) is 0. The van der Waals surface area contributed by atoms with E-state index in [4.69, 9.17) is 17.3 Å². The molecule has 0 saturated heterocycles. The fraction of sp³-hybridized carbons (Fsp3) is 0.100. The molecule has 0 spiro atoms. The zero-order chi connectivity index (χ0) is 12.3. The Morgan fingerprint density at radius 3 is 3.06 bits per heavy atom. The summed E-state index contributed by atoms with van der Waals surface area (Å²) in [6.07, 6.45) is 4.68. The Morgan fingerprint density at radius 2 is 2.35 bits per heavy atom. The number of hydrogen-bond donors (Lipinski definition) is 3. The number of anilines is 1. The molecule has 0 aliphatic heterocycles. The number of nitrogens with one attached hydrogen (secondary N) is 2. The Bertz CT molecular complexity index is 525. The van der Waals surface area contributed by atoms with E-state index >= 15 is 0 Å². The van der Waals surface area contributed by atoms with E-state index in [0.29, 0.717) is 17.8 Å². The van der Waals surface area contributed by atoms with E-state index in [1.807, 2.05) is 0 Å². The average molecular weight is 252 g/mol. The van der Waals surface area contributed by atoms with Crippen LogP contribution in [0.3, 0.4) is 0 Å². The van der Waals surface area contributed by atoms with Crippen molar-refractivity contribution in [3.05, 3.63) is 40.9 Å². The number of H-pyrrole nitrogens is 1. The Hall–Kier alpha value is -2.08. The zero-order valence-corrected chi connectivity index (χ0v) is 9.53. The fourth-order valence-electron chi connectivity index (χ4n) is 1.29. The first kappa shape index (κ1) is 11.4. The molecule has 0 bridgehead atoms. The normalized spacial score (nSPS) is 10.2. The van der Waals surface area contributed by atoms with Crippen LogP contribution in [0.4, 0.5) is 5.69 Å². The zero-order valence-electron chi connectivity index (χ0n) is 8.77. The third kappa shape index (κ3) is 2.73. The monoisotopic (exact) mass is 251 g/mol. The van der Waals surface area contributed by atoms with Crippen molar-refractivity contribution in [2.24, 2.45) is 0 Å². The molecule has 0 aliphatic rings. The van der Waals surface area contributed by atoms with E-state index in [1.165, 1.54) is 12.3 Å². The molecular weight excluding hydrogens is 242 g/mol. The molecule has 2 heterocycles. The maximum atomic E-state index is 11.8. The summed E-state index contributed by atoms with van der Waals surface area (Å²) in [6, 6.07) is 1.43. The van der Waals surface area contributed by atoms with Crippen molar-refractivity contribution >= 4 is 23.2 Å². The molecule has 4 N–H and O–H groups in total. The lowest BCUT2D eigenvalue weighted by molar-refractivity contribution is 0.0951. The maximum Gasteiger partial charge on any atom is 0.253 e. The number of carbonyl (C=O) groups excluding carboxylic acids is 1. The predicted molar refractivity (Wildman–Crippen MR) is 63.4 cm³/mol. The minimum atomic E-state index is -0.298. The molecule has 0 aliphatic carbocycles. The van der Waals surface area contributed by atoms with Crippen molar-refractivity contribution in [2.45, 2.75) is 6.54 Å². The van der Waals surface area contributed by atoms with Crippen molar-refractivity contribution in [3.63, 3.8) is 0 Å². The molecule has 0 atom stereocenters. The molecular formula is C10H10ClN5O. The number of pyridine rings is 1. The second-order valence-electron chi connectivity index (χ2n) is 3.38. The molecule has 0 aromatic carbocycles. The summed E-state index contributed by atoms with van der Waals surface area (Å²) in [5.41, 5.74) is 7.12. The standard InChI is InChI=1S/C10H10ClN5O/c11-9-1-7(8(12)5-13-9)10(17)14-2-6-3-15-16-4-6/h1,3-5H,2,12H2,(H,14,17)(H,15,16). The van der Waals surface area contributed by atoms with E-state index in [1.54, 1.807) is 12.4 Å². The van der Waals surface area contributed by atoms with Crippen LogP contribution in [0.25, 0.3) is 0 Å². The molecule has 6 nitrogen and oxygen atoms in total. The van der Waals surface area contributed by atoms with Gasteiger partial charge in [-0.3, -0.25) is 9.89 Å². The summed E-state index contributed by atoms with van der Waals surface area (Å²) >= 11 is 5.70.